The van der Waals surface area contributed by atoms with E-state index >= 15 is 0 Å². The summed E-state index contributed by atoms with van der Waals surface area (Å²) in [4.78, 5) is 9.92. The second kappa shape index (κ2) is 15.0. The Bertz CT molecular complexity index is 328. The summed E-state index contributed by atoms with van der Waals surface area (Å²) in [6.07, 6.45) is 0.667. The molecular formula is C14H23N3O. The highest BCUT2D eigenvalue weighted by atomic mass is 16.1. The summed E-state index contributed by atoms with van der Waals surface area (Å²) in [5.74, 6) is 0. The minimum atomic E-state index is 0.587. The van der Waals surface area contributed by atoms with Crippen LogP contribution in [0.1, 0.15) is 33.3 Å². The number of rotatable bonds is 5. The van der Waals surface area contributed by atoms with Crippen LogP contribution < -0.4 is 10.6 Å². The van der Waals surface area contributed by atoms with Gasteiger partial charge in [-0.05, 0) is 24.3 Å². The van der Waals surface area contributed by atoms with E-state index in [0.29, 0.717) is 25.1 Å². The Labute approximate surface area is 110 Å². The third kappa shape index (κ3) is 9.22. The standard InChI is InChI=1S/C10H11N3O.2C2H6/c11-7-9-1-3-10(4-2-9)13-6-5-12-8-14;2*1-2/h1-4,8,13H,5-6H2,(H,12,14);2*1-2H3. The van der Waals surface area contributed by atoms with E-state index in [-0.39, 0.29) is 0 Å². The van der Waals surface area contributed by atoms with Gasteiger partial charge in [0.25, 0.3) is 0 Å². The monoisotopic (exact) mass is 249 g/mol. The zero-order valence-electron chi connectivity index (χ0n) is 11.7. The van der Waals surface area contributed by atoms with E-state index in [2.05, 4.69) is 10.6 Å². The van der Waals surface area contributed by atoms with Gasteiger partial charge in [-0.2, -0.15) is 5.26 Å². The number of amides is 1. The van der Waals surface area contributed by atoms with Gasteiger partial charge < -0.3 is 10.6 Å². The molecule has 1 amide bonds. The first-order chi connectivity index (χ1) is 8.86. The highest BCUT2D eigenvalue weighted by Gasteiger charge is 1.91. The fraction of sp³-hybridized carbons (Fsp3) is 0.429. The van der Waals surface area contributed by atoms with E-state index < -0.39 is 0 Å². The van der Waals surface area contributed by atoms with Crippen molar-refractivity contribution in [2.75, 3.05) is 18.4 Å². The van der Waals surface area contributed by atoms with Crippen molar-refractivity contribution in [3.8, 4) is 6.07 Å². The van der Waals surface area contributed by atoms with Crippen LogP contribution in [0.5, 0.6) is 0 Å². The molecule has 0 unspecified atom stereocenters. The van der Waals surface area contributed by atoms with Gasteiger partial charge in [0.15, 0.2) is 0 Å². The van der Waals surface area contributed by atoms with Gasteiger partial charge >= 0.3 is 0 Å². The van der Waals surface area contributed by atoms with Crippen LogP contribution in [0.3, 0.4) is 0 Å². The molecule has 2 N–H and O–H groups in total. The van der Waals surface area contributed by atoms with E-state index in [0.717, 1.165) is 5.69 Å². The Morgan fingerprint density at radius 3 is 2.11 bits per heavy atom. The lowest BCUT2D eigenvalue weighted by Gasteiger charge is -2.04. The Kier molecular flexibility index (Phi) is 15.3. The predicted molar refractivity (Wildman–Crippen MR) is 76.4 cm³/mol. The summed E-state index contributed by atoms with van der Waals surface area (Å²) in [6.45, 7) is 9.26. The summed E-state index contributed by atoms with van der Waals surface area (Å²) in [7, 11) is 0. The SMILES string of the molecule is CC.CC.N#Cc1ccc(NCCNC=O)cc1. The molecule has 0 aliphatic rings. The molecule has 0 radical (unpaired) electrons. The number of nitrogens with one attached hydrogen (secondary N) is 2. The van der Waals surface area contributed by atoms with Gasteiger partial charge in [0.1, 0.15) is 0 Å². The topological polar surface area (TPSA) is 64.9 Å². The maximum absolute atomic E-state index is 9.92. The first kappa shape index (κ1) is 18.3. The lowest BCUT2D eigenvalue weighted by molar-refractivity contribution is -0.109. The van der Waals surface area contributed by atoms with Gasteiger partial charge in [-0.25, -0.2) is 0 Å². The molecule has 0 fully saturated rings. The molecule has 0 atom stereocenters. The van der Waals surface area contributed by atoms with Crippen LogP contribution in [0.4, 0.5) is 5.69 Å². The van der Waals surface area contributed by atoms with E-state index in [1.807, 2.05) is 45.9 Å². The molecule has 0 heterocycles. The van der Waals surface area contributed by atoms with Crippen LogP contribution in [0.25, 0.3) is 0 Å². The summed E-state index contributed by atoms with van der Waals surface area (Å²) in [5.41, 5.74) is 1.58. The summed E-state index contributed by atoms with van der Waals surface area (Å²) in [6, 6.07) is 9.20. The summed E-state index contributed by atoms with van der Waals surface area (Å²) < 4.78 is 0. The van der Waals surface area contributed by atoms with Crippen molar-refractivity contribution < 1.29 is 4.79 Å². The number of anilines is 1. The predicted octanol–water partition coefficient (Wildman–Crippen LogP) is 2.77. The normalized spacial score (nSPS) is 7.50. The fourth-order valence-corrected chi connectivity index (χ4v) is 1.00. The zero-order chi connectivity index (χ0) is 14.2. The van der Waals surface area contributed by atoms with Crippen molar-refractivity contribution in [1.82, 2.24) is 5.32 Å². The minimum absolute atomic E-state index is 0.587. The molecule has 1 aromatic carbocycles. The summed E-state index contributed by atoms with van der Waals surface area (Å²) in [5, 5.41) is 14.2. The van der Waals surface area contributed by atoms with Crippen molar-refractivity contribution in [1.29, 1.82) is 5.26 Å². The molecule has 1 aromatic rings. The number of nitriles is 1. The Balaban J connectivity index is 0. The van der Waals surface area contributed by atoms with E-state index in [4.69, 9.17) is 5.26 Å². The highest BCUT2D eigenvalue weighted by Crippen LogP contribution is 2.07. The van der Waals surface area contributed by atoms with Gasteiger partial charge in [-0.3, -0.25) is 4.79 Å². The first-order valence-corrected chi connectivity index (χ1v) is 6.28. The smallest absolute Gasteiger partial charge is 0.207 e. The Morgan fingerprint density at radius 1 is 1.11 bits per heavy atom. The van der Waals surface area contributed by atoms with E-state index in [1.165, 1.54) is 0 Å². The highest BCUT2D eigenvalue weighted by molar-refractivity contribution is 5.48. The third-order valence-electron chi connectivity index (χ3n) is 1.70. The van der Waals surface area contributed by atoms with Crippen LogP contribution >= 0.6 is 0 Å². The van der Waals surface area contributed by atoms with Gasteiger partial charge in [0.05, 0.1) is 11.6 Å². The number of hydrogen-bond acceptors (Lipinski definition) is 3. The van der Waals surface area contributed by atoms with Crippen molar-refractivity contribution in [2.45, 2.75) is 27.7 Å². The molecular weight excluding hydrogens is 226 g/mol. The molecule has 4 heteroatoms. The number of carbonyl (C=O) groups is 1. The molecule has 0 aliphatic heterocycles. The third-order valence-corrected chi connectivity index (χ3v) is 1.70. The van der Waals surface area contributed by atoms with E-state index in [9.17, 15) is 4.79 Å². The number of nitrogens with zero attached hydrogens (tertiary/aromatic N) is 1. The van der Waals surface area contributed by atoms with Crippen LogP contribution in [0.2, 0.25) is 0 Å². The van der Waals surface area contributed by atoms with Crippen molar-refractivity contribution in [2.24, 2.45) is 0 Å². The Hall–Kier alpha value is -2.02. The van der Waals surface area contributed by atoms with Gasteiger partial charge in [0.2, 0.25) is 6.41 Å². The Morgan fingerprint density at radius 2 is 1.67 bits per heavy atom. The number of carbonyl (C=O) groups excluding carboxylic acids is 1. The van der Waals surface area contributed by atoms with Crippen LogP contribution in [0.15, 0.2) is 24.3 Å². The molecule has 0 saturated carbocycles. The first-order valence-electron chi connectivity index (χ1n) is 6.28. The molecule has 1 rings (SSSR count). The molecule has 4 nitrogen and oxygen atoms in total. The number of hydrogen-bond donors (Lipinski definition) is 2. The second-order valence-electron chi connectivity index (χ2n) is 2.69. The van der Waals surface area contributed by atoms with E-state index in [1.54, 1.807) is 12.1 Å². The van der Waals surface area contributed by atoms with Gasteiger partial charge in [-0.15, -0.1) is 0 Å². The molecule has 100 valence electrons. The van der Waals surface area contributed by atoms with Gasteiger partial charge in [0, 0.05) is 18.8 Å². The quantitative estimate of drug-likeness (QED) is 0.623. The fourth-order valence-electron chi connectivity index (χ4n) is 1.00. The largest absolute Gasteiger partial charge is 0.383 e. The second-order valence-corrected chi connectivity index (χ2v) is 2.69. The van der Waals surface area contributed by atoms with Crippen molar-refractivity contribution in [3.63, 3.8) is 0 Å². The average Bonchev–Trinajstić information content (AvgIpc) is 2.48. The maximum Gasteiger partial charge on any atom is 0.207 e. The lowest BCUT2D eigenvalue weighted by atomic mass is 10.2. The molecule has 0 aromatic heterocycles. The molecule has 0 aliphatic carbocycles. The van der Waals surface area contributed by atoms with Crippen LogP contribution in [0, 0.1) is 11.3 Å². The lowest BCUT2D eigenvalue weighted by Crippen LogP contribution is -2.20. The average molecular weight is 249 g/mol. The minimum Gasteiger partial charge on any atom is -0.383 e. The van der Waals surface area contributed by atoms with Crippen molar-refractivity contribution >= 4 is 12.1 Å². The zero-order valence-corrected chi connectivity index (χ0v) is 11.7. The molecule has 18 heavy (non-hydrogen) atoms. The van der Waals surface area contributed by atoms with Crippen LogP contribution in [-0.2, 0) is 4.79 Å². The van der Waals surface area contributed by atoms with Crippen molar-refractivity contribution in [3.05, 3.63) is 29.8 Å². The maximum atomic E-state index is 9.92. The van der Waals surface area contributed by atoms with Gasteiger partial charge in [-0.1, -0.05) is 27.7 Å². The number of benzene rings is 1. The summed E-state index contributed by atoms with van der Waals surface area (Å²) >= 11 is 0. The molecule has 0 spiro atoms. The molecule has 0 bridgehead atoms. The van der Waals surface area contributed by atoms with Crippen LogP contribution in [-0.4, -0.2) is 19.5 Å². The molecule has 0 saturated heterocycles.